The van der Waals surface area contributed by atoms with Gasteiger partial charge in [0.1, 0.15) is 17.3 Å². The minimum Gasteiger partial charge on any atom is -0.497 e. The average molecular weight is 436 g/mol. The van der Waals surface area contributed by atoms with Gasteiger partial charge in [0.25, 0.3) is 0 Å². The van der Waals surface area contributed by atoms with Crippen LogP contribution in [0.2, 0.25) is 0 Å². The molecule has 1 amide bonds. The van der Waals surface area contributed by atoms with Crippen LogP contribution in [0.25, 0.3) is 11.9 Å². The third-order valence-electron chi connectivity index (χ3n) is 6.05. The summed E-state index contributed by atoms with van der Waals surface area (Å²) in [6, 6.07) is 9.64. The zero-order chi connectivity index (χ0) is 22.8. The number of aryl methyl sites for hydroxylation is 2. The molecule has 32 heavy (non-hydrogen) atoms. The third kappa shape index (κ3) is 4.02. The Bertz CT molecular complexity index is 1160. The highest BCUT2D eigenvalue weighted by Crippen LogP contribution is 2.39. The second-order valence-electron chi connectivity index (χ2n) is 8.09. The topological polar surface area (TPSA) is 69.7 Å². The molecule has 0 radical (unpaired) electrons. The van der Waals surface area contributed by atoms with Crippen LogP contribution in [-0.2, 0) is 4.79 Å². The van der Waals surface area contributed by atoms with Crippen LogP contribution in [0.15, 0.2) is 40.9 Å². The van der Waals surface area contributed by atoms with Crippen molar-refractivity contribution in [3.8, 4) is 17.3 Å². The van der Waals surface area contributed by atoms with Gasteiger partial charge >= 0.3 is 0 Å². The third-order valence-corrected chi connectivity index (χ3v) is 6.05. The van der Waals surface area contributed by atoms with E-state index in [1.807, 2.05) is 60.6 Å². The second-order valence-corrected chi connectivity index (χ2v) is 8.09. The highest BCUT2D eigenvalue weighted by molar-refractivity contribution is 5.92. The van der Waals surface area contributed by atoms with E-state index in [9.17, 15) is 4.79 Å². The van der Waals surface area contributed by atoms with Crippen molar-refractivity contribution in [2.45, 2.75) is 39.7 Å². The van der Waals surface area contributed by atoms with Crippen LogP contribution in [0.1, 0.15) is 47.2 Å². The Hall–Kier alpha value is -3.48. The number of carbonyl (C=O) groups excluding carboxylic acids is 1. The van der Waals surface area contributed by atoms with Crippen molar-refractivity contribution in [1.29, 1.82) is 0 Å². The predicted octanol–water partition coefficient (Wildman–Crippen LogP) is 4.78. The molecule has 1 saturated heterocycles. The van der Waals surface area contributed by atoms with E-state index in [0.717, 1.165) is 58.4 Å². The van der Waals surface area contributed by atoms with Gasteiger partial charge in [-0.15, -0.1) is 0 Å². The number of hydrogen-bond donors (Lipinski definition) is 0. The maximum Gasteiger partial charge on any atom is 0.247 e. The monoisotopic (exact) mass is 435 g/mol. The molecule has 1 fully saturated rings. The van der Waals surface area contributed by atoms with Gasteiger partial charge in [0.2, 0.25) is 5.91 Å². The average Bonchev–Trinajstić information content (AvgIpc) is 3.50. The summed E-state index contributed by atoms with van der Waals surface area (Å²) in [6.45, 7) is 6.61. The highest BCUT2D eigenvalue weighted by atomic mass is 16.5. The molecule has 0 saturated carbocycles. The Morgan fingerprint density at radius 1 is 1.16 bits per heavy atom. The minimum atomic E-state index is -0.0391. The lowest BCUT2D eigenvalue weighted by molar-refractivity contribution is -0.126. The van der Waals surface area contributed by atoms with Crippen molar-refractivity contribution in [1.82, 2.24) is 14.6 Å². The predicted molar refractivity (Wildman–Crippen MR) is 122 cm³/mol. The second kappa shape index (κ2) is 8.94. The molecule has 7 heteroatoms. The van der Waals surface area contributed by atoms with Gasteiger partial charge in [-0.2, -0.15) is 0 Å². The van der Waals surface area contributed by atoms with Crippen molar-refractivity contribution in [2.24, 2.45) is 0 Å². The molecule has 0 N–H and O–H groups in total. The molecule has 0 bridgehead atoms. The summed E-state index contributed by atoms with van der Waals surface area (Å²) in [5, 5.41) is 4.12. The van der Waals surface area contributed by atoms with E-state index >= 15 is 0 Å². The van der Waals surface area contributed by atoms with Crippen LogP contribution < -0.4 is 9.47 Å². The van der Waals surface area contributed by atoms with Crippen LogP contribution in [0.3, 0.4) is 0 Å². The molecule has 1 aliphatic heterocycles. The number of amides is 1. The number of hydrogen-bond acceptors (Lipinski definition) is 5. The lowest BCUT2D eigenvalue weighted by Gasteiger charge is -2.25. The van der Waals surface area contributed by atoms with Gasteiger partial charge in [0.15, 0.2) is 5.82 Å². The fraction of sp³-hybridized carbons (Fsp3) is 0.360. The lowest BCUT2D eigenvalue weighted by atomic mass is 10.0. The zero-order valence-corrected chi connectivity index (χ0v) is 19.2. The van der Waals surface area contributed by atoms with Crippen molar-refractivity contribution in [2.75, 3.05) is 20.8 Å². The van der Waals surface area contributed by atoms with E-state index in [4.69, 9.17) is 14.0 Å². The van der Waals surface area contributed by atoms with E-state index in [1.54, 1.807) is 20.3 Å². The standard InChI is InChI=1S/C25H29N3O4/c1-16-13-19(18(3)28(16)24-14-17(2)32-26-24)8-11-25(29)27-12-6-7-22(27)21-15-20(30-4)9-10-23(21)31-5/h8-11,13-15,22H,6-7,12H2,1-5H3/b11-8+. The van der Waals surface area contributed by atoms with Crippen molar-refractivity contribution >= 4 is 12.0 Å². The molecule has 1 unspecified atom stereocenters. The number of carbonyl (C=O) groups is 1. The molecule has 4 rings (SSSR count). The summed E-state index contributed by atoms with van der Waals surface area (Å²) < 4.78 is 18.2. The van der Waals surface area contributed by atoms with Crippen LogP contribution in [0.5, 0.6) is 11.5 Å². The zero-order valence-electron chi connectivity index (χ0n) is 19.2. The number of nitrogens with zero attached hydrogens (tertiary/aromatic N) is 3. The van der Waals surface area contributed by atoms with Gasteiger partial charge in [-0.3, -0.25) is 9.36 Å². The molecule has 1 aromatic carbocycles. The highest BCUT2D eigenvalue weighted by Gasteiger charge is 2.31. The molecule has 3 heterocycles. The van der Waals surface area contributed by atoms with Gasteiger partial charge in [-0.05, 0) is 69.5 Å². The smallest absolute Gasteiger partial charge is 0.247 e. The molecule has 2 aromatic heterocycles. The fourth-order valence-electron chi connectivity index (χ4n) is 4.48. The van der Waals surface area contributed by atoms with Gasteiger partial charge in [-0.25, -0.2) is 0 Å². The number of methoxy groups -OCH3 is 2. The Morgan fingerprint density at radius 3 is 2.66 bits per heavy atom. The Labute approximate surface area is 188 Å². The van der Waals surface area contributed by atoms with Crippen molar-refractivity contribution in [3.63, 3.8) is 0 Å². The molecule has 0 spiro atoms. The lowest BCUT2D eigenvalue weighted by Crippen LogP contribution is -2.29. The van der Waals surface area contributed by atoms with Gasteiger partial charge < -0.3 is 18.9 Å². The molecular formula is C25H29N3O4. The maximum atomic E-state index is 13.2. The molecule has 3 aromatic rings. The maximum absolute atomic E-state index is 13.2. The van der Waals surface area contributed by atoms with E-state index in [-0.39, 0.29) is 11.9 Å². The van der Waals surface area contributed by atoms with Gasteiger partial charge in [0.05, 0.1) is 20.3 Å². The molecule has 7 nitrogen and oxygen atoms in total. The summed E-state index contributed by atoms with van der Waals surface area (Å²) in [5.74, 6) is 3.01. The number of benzene rings is 1. The van der Waals surface area contributed by atoms with Crippen LogP contribution in [0.4, 0.5) is 0 Å². The van der Waals surface area contributed by atoms with E-state index < -0.39 is 0 Å². The first-order valence-electron chi connectivity index (χ1n) is 10.8. The SMILES string of the molecule is COc1ccc(OC)c(C2CCCN2C(=O)/C=C/c2cc(C)n(-c3cc(C)on3)c2C)c1. The Balaban J connectivity index is 1.58. The summed E-state index contributed by atoms with van der Waals surface area (Å²) in [7, 11) is 3.29. The number of likely N-dealkylation sites (tertiary alicyclic amines) is 1. The Kier molecular flexibility index (Phi) is 6.08. The minimum absolute atomic E-state index is 0.0144. The molecule has 1 atom stereocenters. The van der Waals surface area contributed by atoms with Crippen molar-refractivity contribution in [3.05, 3.63) is 64.7 Å². The molecular weight excluding hydrogens is 406 g/mol. The van der Waals surface area contributed by atoms with E-state index in [2.05, 4.69) is 11.2 Å². The van der Waals surface area contributed by atoms with Crippen molar-refractivity contribution < 1.29 is 18.8 Å². The fourth-order valence-corrected chi connectivity index (χ4v) is 4.48. The molecule has 1 aliphatic rings. The number of ether oxygens (including phenoxy) is 2. The van der Waals surface area contributed by atoms with Crippen LogP contribution in [-0.4, -0.2) is 41.3 Å². The number of aromatic nitrogens is 2. The summed E-state index contributed by atoms with van der Waals surface area (Å²) in [4.78, 5) is 15.1. The van der Waals surface area contributed by atoms with Crippen LogP contribution >= 0.6 is 0 Å². The quantitative estimate of drug-likeness (QED) is 0.521. The first kappa shape index (κ1) is 21.7. The van der Waals surface area contributed by atoms with Gasteiger partial charge in [0, 0.05) is 35.6 Å². The number of rotatable bonds is 6. The largest absolute Gasteiger partial charge is 0.497 e. The first-order chi connectivity index (χ1) is 15.4. The van der Waals surface area contributed by atoms with Gasteiger partial charge in [-0.1, -0.05) is 5.16 Å². The first-order valence-corrected chi connectivity index (χ1v) is 10.8. The molecule has 168 valence electrons. The summed E-state index contributed by atoms with van der Waals surface area (Å²) >= 11 is 0. The summed E-state index contributed by atoms with van der Waals surface area (Å²) in [6.07, 6.45) is 5.38. The van der Waals surface area contributed by atoms with E-state index in [1.165, 1.54) is 0 Å². The Morgan fingerprint density at radius 2 is 1.97 bits per heavy atom. The van der Waals surface area contributed by atoms with Crippen LogP contribution in [0, 0.1) is 20.8 Å². The molecule has 0 aliphatic carbocycles. The van der Waals surface area contributed by atoms with E-state index in [0.29, 0.717) is 6.54 Å². The normalized spacial score (nSPS) is 16.2. The summed E-state index contributed by atoms with van der Waals surface area (Å²) in [5.41, 5.74) is 3.99.